The van der Waals surface area contributed by atoms with E-state index >= 15 is 0 Å². The van der Waals surface area contributed by atoms with Crippen LogP contribution in [0.25, 0.3) is 0 Å². The molecule has 1 saturated heterocycles. The number of nitrogens with zero attached hydrogens (tertiary/aromatic N) is 3. The summed E-state index contributed by atoms with van der Waals surface area (Å²) in [4.78, 5) is 23.6. The van der Waals surface area contributed by atoms with E-state index in [0.29, 0.717) is 19.4 Å². The van der Waals surface area contributed by atoms with Gasteiger partial charge in [-0.25, -0.2) is 9.97 Å². The minimum Gasteiger partial charge on any atom is -0.497 e. The Kier molecular flexibility index (Phi) is 6.81. The van der Waals surface area contributed by atoms with Crippen molar-refractivity contribution in [2.45, 2.75) is 38.3 Å². The van der Waals surface area contributed by atoms with Gasteiger partial charge in [0.15, 0.2) is 0 Å². The Balaban J connectivity index is 1.60. The van der Waals surface area contributed by atoms with Gasteiger partial charge in [-0.1, -0.05) is 12.1 Å². The minimum absolute atomic E-state index is 0.0981. The van der Waals surface area contributed by atoms with Crippen molar-refractivity contribution in [3.05, 3.63) is 47.4 Å². The quantitative estimate of drug-likeness (QED) is 0.729. The van der Waals surface area contributed by atoms with Gasteiger partial charge >= 0.3 is 0 Å². The number of hydrogen-bond donors (Lipinski definition) is 2. The number of nitrogens with one attached hydrogen (secondary N) is 2. The molecule has 3 rings (SSSR count). The van der Waals surface area contributed by atoms with Crippen LogP contribution in [0.1, 0.15) is 42.4 Å². The number of ether oxygens (including phenoxy) is 1. The third-order valence-electron chi connectivity index (χ3n) is 5.04. The van der Waals surface area contributed by atoms with E-state index < -0.39 is 0 Å². The molecule has 7 heteroatoms. The van der Waals surface area contributed by atoms with Crippen molar-refractivity contribution in [1.82, 2.24) is 20.2 Å². The van der Waals surface area contributed by atoms with Crippen LogP contribution in [0.2, 0.25) is 0 Å². The topological polar surface area (TPSA) is 79.4 Å². The maximum atomic E-state index is 12.6. The zero-order chi connectivity index (χ0) is 19.9. The lowest BCUT2D eigenvalue weighted by molar-refractivity contribution is -0.130. The molecule has 1 amide bonds. The Morgan fingerprint density at radius 1 is 1.32 bits per heavy atom. The van der Waals surface area contributed by atoms with Crippen LogP contribution >= 0.6 is 0 Å². The number of amides is 1. The first-order valence-corrected chi connectivity index (χ1v) is 9.75. The summed E-state index contributed by atoms with van der Waals surface area (Å²) in [5, 5.41) is 6.53. The molecule has 0 saturated carbocycles. The summed E-state index contributed by atoms with van der Waals surface area (Å²) in [5.74, 6) is 2.51. The van der Waals surface area contributed by atoms with E-state index in [0.717, 1.165) is 48.0 Å². The van der Waals surface area contributed by atoms with Crippen molar-refractivity contribution < 1.29 is 9.53 Å². The largest absolute Gasteiger partial charge is 0.497 e. The summed E-state index contributed by atoms with van der Waals surface area (Å²) >= 11 is 0. The van der Waals surface area contributed by atoms with Gasteiger partial charge < -0.3 is 20.3 Å². The third kappa shape index (κ3) is 5.19. The number of hydrogen-bond acceptors (Lipinski definition) is 6. The summed E-state index contributed by atoms with van der Waals surface area (Å²) in [6.45, 7) is 1.47. The van der Waals surface area contributed by atoms with E-state index in [1.807, 2.05) is 44.4 Å². The van der Waals surface area contributed by atoms with E-state index in [2.05, 4.69) is 15.6 Å². The highest BCUT2D eigenvalue weighted by Gasteiger charge is 2.21. The van der Waals surface area contributed by atoms with E-state index in [-0.39, 0.29) is 11.9 Å². The number of aryl methyl sites for hydroxylation is 1. The van der Waals surface area contributed by atoms with Gasteiger partial charge in [-0.2, -0.15) is 0 Å². The Bertz CT molecular complexity index is 788. The van der Waals surface area contributed by atoms with Crippen LogP contribution in [0.15, 0.2) is 30.3 Å². The number of methoxy groups -OCH3 is 1. The Labute approximate surface area is 166 Å². The van der Waals surface area contributed by atoms with Gasteiger partial charge in [0.2, 0.25) is 5.91 Å². The number of carbonyl (C=O) groups excluding carboxylic acids is 1. The Hall–Kier alpha value is -2.67. The maximum absolute atomic E-state index is 12.6. The van der Waals surface area contributed by atoms with Gasteiger partial charge in [0.1, 0.15) is 17.4 Å². The summed E-state index contributed by atoms with van der Waals surface area (Å²) < 4.78 is 5.17. The molecule has 0 aliphatic carbocycles. The molecule has 0 spiro atoms. The van der Waals surface area contributed by atoms with E-state index in [4.69, 9.17) is 9.72 Å². The fraction of sp³-hybridized carbons (Fsp3) is 0.476. The average Bonchev–Trinajstić information content (AvgIpc) is 3.27. The summed E-state index contributed by atoms with van der Waals surface area (Å²) in [6, 6.07) is 9.94. The van der Waals surface area contributed by atoms with E-state index in [9.17, 15) is 4.79 Å². The second-order valence-electron chi connectivity index (χ2n) is 7.10. The molecule has 0 radical (unpaired) electrons. The number of rotatable bonds is 8. The lowest BCUT2D eigenvalue weighted by Crippen LogP contribution is -2.27. The first-order valence-electron chi connectivity index (χ1n) is 9.75. The van der Waals surface area contributed by atoms with Crippen LogP contribution in [0.3, 0.4) is 0 Å². The Morgan fingerprint density at radius 2 is 2.11 bits per heavy atom. The van der Waals surface area contributed by atoms with Gasteiger partial charge in [-0.05, 0) is 43.5 Å². The van der Waals surface area contributed by atoms with Gasteiger partial charge in [0.05, 0.1) is 25.4 Å². The second-order valence-corrected chi connectivity index (χ2v) is 7.10. The lowest BCUT2D eigenvalue weighted by Gasteiger charge is -2.19. The molecule has 28 heavy (non-hydrogen) atoms. The molecular formula is C21H29N5O2. The van der Waals surface area contributed by atoms with Gasteiger partial charge in [0.25, 0.3) is 0 Å². The predicted octanol–water partition coefficient (Wildman–Crippen LogP) is 2.54. The molecule has 1 aliphatic heterocycles. The summed E-state index contributed by atoms with van der Waals surface area (Å²) in [6.07, 6.45) is 3.35. The smallest absolute Gasteiger partial charge is 0.222 e. The standard InChI is InChI=1S/C21H29N5O2/c1-22-19-13-16(24-21(25-19)18-5-4-12-23-18)14-26(2)20(27)11-8-15-6-9-17(28-3)10-7-15/h6-7,9-10,13,18,23H,4-5,8,11-12,14H2,1-3H3,(H,22,24,25)/t18-/m0/s1. The molecule has 2 heterocycles. The van der Waals surface area contributed by atoms with Crippen LogP contribution in [0, 0.1) is 0 Å². The highest BCUT2D eigenvalue weighted by molar-refractivity contribution is 5.76. The van der Waals surface area contributed by atoms with Crippen molar-refractivity contribution in [3.8, 4) is 5.75 Å². The van der Waals surface area contributed by atoms with Crippen LogP contribution in [0.4, 0.5) is 5.82 Å². The van der Waals surface area contributed by atoms with Gasteiger partial charge in [0, 0.05) is 26.6 Å². The summed E-state index contributed by atoms with van der Waals surface area (Å²) in [5.41, 5.74) is 1.97. The fourth-order valence-corrected chi connectivity index (χ4v) is 3.35. The molecule has 7 nitrogen and oxygen atoms in total. The molecule has 0 unspecified atom stereocenters. The molecule has 2 aromatic rings. The van der Waals surface area contributed by atoms with Crippen molar-refractivity contribution >= 4 is 11.7 Å². The van der Waals surface area contributed by atoms with Gasteiger partial charge in [-0.15, -0.1) is 0 Å². The van der Waals surface area contributed by atoms with Crippen LogP contribution in [0.5, 0.6) is 5.75 Å². The first kappa shape index (κ1) is 20.1. The predicted molar refractivity (Wildman–Crippen MR) is 109 cm³/mol. The molecule has 1 aromatic heterocycles. The van der Waals surface area contributed by atoms with Crippen molar-refractivity contribution in [3.63, 3.8) is 0 Å². The van der Waals surface area contributed by atoms with Crippen LogP contribution in [-0.2, 0) is 17.8 Å². The zero-order valence-corrected chi connectivity index (χ0v) is 16.9. The molecule has 1 aromatic carbocycles. The zero-order valence-electron chi connectivity index (χ0n) is 16.9. The summed E-state index contributed by atoms with van der Waals surface area (Å²) in [7, 11) is 5.32. The molecule has 2 N–H and O–H groups in total. The van der Waals surface area contributed by atoms with Crippen LogP contribution < -0.4 is 15.4 Å². The van der Waals surface area contributed by atoms with Crippen LogP contribution in [-0.4, -0.2) is 48.5 Å². The highest BCUT2D eigenvalue weighted by Crippen LogP contribution is 2.22. The average molecular weight is 383 g/mol. The molecule has 0 bridgehead atoms. The monoisotopic (exact) mass is 383 g/mol. The highest BCUT2D eigenvalue weighted by atomic mass is 16.5. The Morgan fingerprint density at radius 3 is 2.75 bits per heavy atom. The molecule has 1 atom stereocenters. The van der Waals surface area contributed by atoms with Crippen molar-refractivity contribution in [2.75, 3.05) is 33.1 Å². The number of aromatic nitrogens is 2. The SMILES string of the molecule is CNc1cc(CN(C)C(=O)CCc2ccc(OC)cc2)nc([C@@H]2CCCN2)n1. The van der Waals surface area contributed by atoms with E-state index in [1.165, 1.54) is 0 Å². The van der Waals surface area contributed by atoms with E-state index in [1.54, 1.807) is 12.0 Å². The van der Waals surface area contributed by atoms with Crippen molar-refractivity contribution in [2.24, 2.45) is 0 Å². The maximum Gasteiger partial charge on any atom is 0.222 e. The lowest BCUT2D eigenvalue weighted by atomic mass is 10.1. The number of anilines is 1. The fourth-order valence-electron chi connectivity index (χ4n) is 3.35. The first-order chi connectivity index (χ1) is 13.6. The minimum atomic E-state index is 0.0981. The molecular weight excluding hydrogens is 354 g/mol. The van der Waals surface area contributed by atoms with Crippen molar-refractivity contribution in [1.29, 1.82) is 0 Å². The normalized spacial score (nSPS) is 16.0. The number of benzene rings is 1. The molecule has 1 aliphatic rings. The molecule has 1 fully saturated rings. The van der Waals surface area contributed by atoms with Gasteiger partial charge in [-0.3, -0.25) is 4.79 Å². The third-order valence-corrected chi connectivity index (χ3v) is 5.04. The second kappa shape index (κ2) is 9.50. The number of carbonyl (C=O) groups is 1. The molecule has 150 valence electrons.